The molecule has 0 N–H and O–H groups in total. The minimum absolute atomic E-state index is 0.257. The lowest BCUT2D eigenvalue weighted by Gasteiger charge is -2.27. The van der Waals surface area contributed by atoms with Crippen LogP contribution in [0.15, 0.2) is 36.9 Å². The minimum atomic E-state index is -0.712. The molecule has 0 radical (unpaired) electrons. The van der Waals surface area contributed by atoms with Gasteiger partial charge < -0.3 is 14.2 Å². The van der Waals surface area contributed by atoms with Crippen molar-refractivity contribution in [3.8, 4) is 0 Å². The highest BCUT2D eigenvalue weighted by molar-refractivity contribution is 5.76. The maximum absolute atomic E-state index is 12.0. The molecule has 0 spiro atoms. The first-order valence-corrected chi connectivity index (χ1v) is 7.13. The number of hydrogen-bond acceptors (Lipinski definition) is 4. The first-order valence-electron chi connectivity index (χ1n) is 7.13. The molecular formula is C17H22O4. The molecule has 1 aliphatic heterocycles. The van der Waals surface area contributed by atoms with Gasteiger partial charge in [0.05, 0.1) is 26.2 Å². The summed E-state index contributed by atoms with van der Waals surface area (Å²) in [6.07, 6.45) is 0.991. The van der Waals surface area contributed by atoms with Crippen LogP contribution in [0.2, 0.25) is 0 Å². The van der Waals surface area contributed by atoms with Crippen LogP contribution in [0, 0.1) is 5.92 Å². The van der Waals surface area contributed by atoms with Crippen LogP contribution in [0.25, 0.3) is 5.57 Å². The van der Waals surface area contributed by atoms with E-state index in [9.17, 15) is 4.79 Å². The summed E-state index contributed by atoms with van der Waals surface area (Å²) in [6, 6.07) is 9.84. The highest BCUT2D eigenvalue weighted by Gasteiger charge is 2.37. The van der Waals surface area contributed by atoms with E-state index in [1.165, 1.54) is 7.11 Å². The zero-order chi connectivity index (χ0) is 15.3. The van der Waals surface area contributed by atoms with Crippen molar-refractivity contribution < 1.29 is 19.0 Å². The third kappa shape index (κ3) is 4.16. The van der Waals surface area contributed by atoms with E-state index in [4.69, 9.17) is 14.2 Å². The average molecular weight is 290 g/mol. The van der Waals surface area contributed by atoms with E-state index in [-0.39, 0.29) is 11.9 Å². The number of methoxy groups -OCH3 is 1. The molecule has 1 atom stereocenters. The van der Waals surface area contributed by atoms with E-state index in [0.717, 1.165) is 11.1 Å². The van der Waals surface area contributed by atoms with Crippen molar-refractivity contribution in [2.75, 3.05) is 20.3 Å². The molecule has 0 aromatic heterocycles. The molecular weight excluding hydrogens is 268 g/mol. The summed E-state index contributed by atoms with van der Waals surface area (Å²) in [4.78, 5) is 12.0. The lowest BCUT2D eigenvalue weighted by Crippen LogP contribution is -2.32. The van der Waals surface area contributed by atoms with E-state index in [1.54, 1.807) is 0 Å². The van der Waals surface area contributed by atoms with Crippen LogP contribution < -0.4 is 0 Å². The van der Waals surface area contributed by atoms with Crippen molar-refractivity contribution in [2.45, 2.75) is 25.6 Å². The fraction of sp³-hybridized carbons (Fsp3) is 0.471. The number of rotatable bonds is 6. The predicted molar refractivity (Wildman–Crippen MR) is 80.5 cm³/mol. The van der Waals surface area contributed by atoms with Gasteiger partial charge >= 0.3 is 5.97 Å². The quantitative estimate of drug-likeness (QED) is 0.755. The van der Waals surface area contributed by atoms with E-state index in [0.29, 0.717) is 26.1 Å². The van der Waals surface area contributed by atoms with Crippen molar-refractivity contribution in [1.29, 1.82) is 0 Å². The zero-order valence-electron chi connectivity index (χ0n) is 12.6. The van der Waals surface area contributed by atoms with E-state index in [1.807, 2.05) is 37.3 Å². The summed E-state index contributed by atoms with van der Waals surface area (Å²) in [5, 5.41) is 0. The number of benzene rings is 1. The standard InChI is InChI=1S/C17H22O4/c1-13(14-7-5-4-6-8-14)11-15(16(18)19-3)12-17(2)20-9-10-21-17/h4-8,15H,1,9-12H2,2-3H3. The zero-order valence-corrected chi connectivity index (χ0v) is 12.6. The molecule has 1 aliphatic rings. The van der Waals surface area contributed by atoms with Gasteiger partial charge in [0.1, 0.15) is 0 Å². The molecule has 1 aromatic rings. The van der Waals surface area contributed by atoms with E-state index >= 15 is 0 Å². The lowest BCUT2D eigenvalue weighted by atomic mass is 9.90. The molecule has 0 amide bonds. The number of allylic oxidation sites excluding steroid dienone is 1. The molecule has 21 heavy (non-hydrogen) atoms. The third-order valence-corrected chi connectivity index (χ3v) is 3.72. The van der Waals surface area contributed by atoms with E-state index < -0.39 is 5.79 Å². The topological polar surface area (TPSA) is 44.8 Å². The first kappa shape index (κ1) is 15.7. The SMILES string of the molecule is C=C(CC(CC1(C)OCCO1)C(=O)OC)c1ccccc1. The van der Waals surface area contributed by atoms with Gasteiger partial charge in [-0.05, 0) is 24.5 Å². The van der Waals surface area contributed by atoms with Gasteiger partial charge in [0.15, 0.2) is 5.79 Å². The number of hydrogen-bond donors (Lipinski definition) is 0. The van der Waals surface area contributed by atoms with Crippen molar-refractivity contribution in [3.05, 3.63) is 42.5 Å². The molecule has 0 saturated carbocycles. The summed E-state index contributed by atoms with van der Waals surface area (Å²) in [6.45, 7) is 7.07. The van der Waals surface area contributed by atoms with Crippen molar-refractivity contribution in [1.82, 2.24) is 0 Å². The second-order valence-electron chi connectivity index (χ2n) is 5.43. The maximum atomic E-state index is 12.0. The summed E-state index contributed by atoms with van der Waals surface area (Å²) in [5.74, 6) is -1.30. The van der Waals surface area contributed by atoms with Crippen LogP contribution in [0.5, 0.6) is 0 Å². The molecule has 4 nitrogen and oxygen atoms in total. The Morgan fingerprint density at radius 1 is 1.33 bits per heavy atom. The largest absolute Gasteiger partial charge is 0.469 e. The summed E-state index contributed by atoms with van der Waals surface area (Å²) < 4.78 is 16.1. The number of ether oxygens (including phenoxy) is 3. The first-order chi connectivity index (χ1) is 10.0. The number of esters is 1. The molecule has 2 rings (SSSR count). The van der Waals surface area contributed by atoms with Gasteiger partial charge in [-0.25, -0.2) is 0 Å². The normalized spacial score (nSPS) is 18.2. The Hall–Kier alpha value is -1.65. The van der Waals surface area contributed by atoms with Crippen molar-refractivity contribution >= 4 is 11.5 Å². The predicted octanol–water partition coefficient (Wildman–Crippen LogP) is 3.03. The molecule has 4 heteroatoms. The van der Waals surface area contributed by atoms with Crippen molar-refractivity contribution in [3.63, 3.8) is 0 Å². The van der Waals surface area contributed by atoms with Gasteiger partial charge in [-0.3, -0.25) is 4.79 Å². The third-order valence-electron chi connectivity index (χ3n) is 3.72. The average Bonchev–Trinajstić information content (AvgIpc) is 2.93. The minimum Gasteiger partial charge on any atom is -0.469 e. The number of carbonyl (C=O) groups is 1. The molecule has 1 saturated heterocycles. The molecule has 1 aromatic carbocycles. The van der Waals surface area contributed by atoms with E-state index in [2.05, 4.69) is 6.58 Å². The van der Waals surface area contributed by atoms with Crippen molar-refractivity contribution in [2.24, 2.45) is 5.92 Å². The smallest absolute Gasteiger partial charge is 0.309 e. The highest BCUT2D eigenvalue weighted by atomic mass is 16.7. The van der Waals surface area contributed by atoms with Crippen LogP contribution in [-0.2, 0) is 19.0 Å². The Bertz CT molecular complexity index is 489. The highest BCUT2D eigenvalue weighted by Crippen LogP contribution is 2.32. The molecule has 0 bridgehead atoms. The molecule has 1 fully saturated rings. The Morgan fingerprint density at radius 3 is 2.52 bits per heavy atom. The monoisotopic (exact) mass is 290 g/mol. The van der Waals surface area contributed by atoms with Gasteiger partial charge in [0.2, 0.25) is 0 Å². The van der Waals surface area contributed by atoms with Crippen LogP contribution in [0.3, 0.4) is 0 Å². The van der Waals surface area contributed by atoms with Crippen LogP contribution in [0.4, 0.5) is 0 Å². The fourth-order valence-electron chi connectivity index (χ4n) is 2.62. The lowest BCUT2D eigenvalue weighted by molar-refractivity contribution is -0.169. The van der Waals surface area contributed by atoms with Crippen LogP contribution in [-0.4, -0.2) is 32.1 Å². The van der Waals surface area contributed by atoms with Gasteiger partial charge in [0, 0.05) is 6.42 Å². The van der Waals surface area contributed by atoms with Gasteiger partial charge in [-0.1, -0.05) is 36.9 Å². The second-order valence-corrected chi connectivity index (χ2v) is 5.43. The summed E-state index contributed by atoms with van der Waals surface area (Å²) in [5.41, 5.74) is 1.94. The Labute approximate surface area is 125 Å². The second kappa shape index (κ2) is 6.87. The Kier molecular flexibility index (Phi) is 5.15. The summed E-state index contributed by atoms with van der Waals surface area (Å²) >= 11 is 0. The Balaban J connectivity index is 2.06. The van der Waals surface area contributed by atoms with Gasteiger partial charge in [-0.2, -0.15) is 0 Å². The fourth-order valence-corrected chi connectivity index (χ4v) is 2.62. The molecule has 0 aliphatic carbocycles. The van der Waals surface area contributed by atoms with Crippen LogP contribution >= 0.6 is 0 Å². The molecule has 1 unspecified atom stereocenters. The van der Waals surface area contributed by atoms with Crippen LogP contribution in [0.1, 0.15) is 25.3 Å². The maximum Gasteiger partial charge on any atom is 0.309 e. The Morgan fingerprint density at radius 2 is 1.95 bits per heavy atom. The number of carbonyl (C=O) groups excluding carboxylic acids is 1. The molecule has 114 valence electrons. The van der Waals surface area contributed by atoms with Gasteiger partial charge in [-0.15, -0.1) is 0 Å². The molecule has 1 heterocycles. The van der Waals surface area contributed by atoms with Gasteiger partial charge in [0.25, 0.3) is 0 Å². The summed E-state index contributed by atoms with van der Waals surface area (Å²) in [7, 11) is 1.40.